The SMILES string of the molecule is C=N/C=C(/CC(=O)Nc1nc(-c2ccc(C)cc2)cs1)c1c(N)n(C)c(=O)n(C)c1=O. The lowest BCUT2D eigenvalue weighted by Crippen LogP contribution is -2.40. The lowest BCUT2D eigenvalue weighted by molar-refractivity contribution is -0.115. The molecule has 3 N–H and O–H groups in total. The van der Waals surface area contributed by atoms with Gasteiger partial charge in [-0.15, -0.1) is 11.3 Å². The Morgan fingerprint density at radius 2 is 1.94 bits per heavy atom. The van der Waals surface area contributed by atoms with Crippen molar-refractivity contribution in [1.29, 1.82) is 0 Å². The smallest absolute Gasteiger partial charge is 0.332 e. The maximum absolute atomic E-state index is 12.7. The molecular formula is C21H22N6O3S. The van der Waals surface area contributed by atoms with Gasteiger partial charge in [-0.25, -0.2) is 9.78 Å². The summed E-state index contributed by atoms with van der Waals surface area (Å²) in [4.78, 5) is 45.5. The Hall–Kier alpha value is -3.79. The second-order valence-corrected chi connectivity index (χ2v) is 7.79. The first kappa shape index (κ1) is 21.9. The first-order valence-corrected chi connectivity index (χ1v) is 10.1. The van der Waals surface area contributed by atoms with Gasteiger partial charge in [0.2, 0.25) is 5.91 Å². The molecule has 1 aromatic carbocycles. The minimum atomic E-state index is -0.612. The van der Waals surface area contributed by atoms with Crippen LogP contribution in [0.4, 0.5) is 10.9 Å². The summed E-state index contributed by atoms with van der Waals surface area (Å²) < 4.78 is 2.06. The lowest BCUT2D eigenvalue weighted by Gasteiger charge is -2.13. The average Bonchev–Trinajstić information content (AvgIpc) is 3.20. The van der Waals surface area contributed by atoms with Gasteiger partial charge in [-0.05, 0) is 19.2 Å². The van der Waals surface area contributed by atoms with Crippen molar-refractivity contribution in [2.45, 2.75) is 13.3 Å². The second kappa shape index (κ2) is 8.92. The van der Waals surface area contributed by atoms with E-state index < -0.39 is 17.2 Å². The largest absolute Gasteiger partial charge is 0.384 e. The molecule has 0 spiro atoms. The molecule has 3 aromatic rings. The number of aromatic nitrogens is 3. The number of nitrogen functional groups attached to an aromatic ring is 1. The summed E-state index contributed by atoms with van der Waals surface area (Å²) in [6.45, 7) is 5.40. The van der Waals surface area contributed by atoms with E-state index in [0.29, 0.717) is 5.13 Å². The summed E-state index contributed by atoms with van der Waals surface area (Å²) in [5.74, 6) is -0.457. The molecule has 0 aliphatic carbocycles. The number of nitrogens with two attached hydrogens (primary N) is 1. The van der Waals surface area contributed by atoms with E-state index in [1.807, 2.05) is 36.6 Å². The van der Waals surface area contributed by atoms with Crippen LogP contribution in [-0.4, -0.2) is 26.7 Å². The fraction of sp³-hybridized carbons (Fsp3) is 0.190. The summed E-state index contributed by atoms with van der Waals surface area (Å²) in [5, 5.41) is 5.00. The molecule has 0 unspecified atom stereocenters. The van der Waals surface area contributed by atoms with E-state index in [9.17, 15) is 14.4 Å². The maximum Gasteiger partial charge on any atom is 0.332 e. The number of nitrogens with one attached hydrogen (secondary N) is 1. The Morgan fingerprint density at radius 3 is 2.58 bits per heavy atom. The van der Waals surface area contributed by atoms with E-state index in [0.717, 1.165) is 26.0 Å². The number of aryl methyl sites for hydroxylation is 1. The molecule has 10 heteroatoms. The number of carbonyl (C=O) groups excluding carboxylic acids is 1. The number of amides is 1. The summed E-state index contributed by atoms with van der Waals surface area (Å²) in [6, 6.07) is 7.91. The first-order valence-electron chi connectivity index (χ1n) is 9.26. The zero-order valence-corrected chi connectivity index (χ0v) is 18.2. The molecule has 1 amide bonds. The van der Waals surface area contributed by atoms with Crippen LogP contribution in [0.25, 0.3) is 16.8 Å². The van der Waals surface area contributed by atoms with E-state index >= 15 is 0 Å². The van der Waals surface area contributed by atoms with Gasteiger partial charge in [-0.3, -0.25) is 23.7 Å². The Morgan fingerprint density at radius 1 is 1.26 bits per heavy atom. The molecule has 0 bridgehead atoms. The number of benzene rings is 1. The quantitative estimate of drug-likeness (QED) is 0.571. The number of aliphatic imine (C=N–C) groups is 1. The molecule has 0 saturated heterocycles. The van der Waals surface area contributed by atoms with E-state index in [1.54, 1.807) is 0 Å². The van der Waals surface area contributed by atoms with Crippen LogP contribution in [0.2, 0.25) is 0 Å². The fourth-order valence-electron chi connectivity index (χ4n) is 3.00. The molecule has 0 aliphatic heterocycles. The molecule has 2 heterocycles. The number of hydrogen-bond donors (Lipinski definition) is 2. The van der Waals surface area contributed by atoms with Gasteiger partial charge in [0.05, 0.1) is 17.7 Å². The molecule has 9 nitrogen and oxygen atoms in total. The van der Waals surface area contributed by atoms with E-state index in [-0.39, 0.29) is 23.4 Å². The first-order chi connectivity index (χ1) is 14.7. The Bertz CT molecular complexity index is 1300. The summed E-state index contributed by atoms with van der Waals surface area (Å²) >= 11 is 1.29. The number of thiazole rings is 1. The molecule has 0 radical (unpaired) electrons. The third kappa shape index (κ3) is 4.53. The van der Waals surface area contributed by atoms with Gasteiger partial charge in [0.25, 0.3) is 5.56 Å². The number of carbonyl (C=O) groups is 1. The summed E-state index contributed by atoms with van der Waals surface area (Å²) in [6.07, 6.45) is 1.09. The maximum atomic E-state index is 12.7. The van der Waals surface area contributed by atoms with E-state index in [4.69, 9.17) is 5.73 Å². The van der Waals surface area contributed by atoms with Crippen LogP contribution in [0, 0.1) is 6.92 Å². The third-order valence-electron chi connectivity index (χ3n) is 4.73. The normalized spacial score (nSPS) is 11.4. The van der Waals surface area contributed by atoms with Crippen molar-refractivity contribution in [3.05, 3.63) is 67.8 Å². The zero-order valence-electron chi connectivity index (χ0n) is 17.4. The fourth-order valence-corrected chi connectivity index (χ4v) is 3.73. The Balaban J connectivity index is 1.85. The van der Waals surface area contributed by atoms with E-state index in [2.05, 4.69) is 22.0 Å². The predicted molar refractivity (Wildman–Crippen MR) is 124 cm³/mol. The van der Waals surface area contributed by atoms with Crippen LogP contribution in [0.5, 0.6) is 0 Å². The van der Waals surface area contributed by atoms with Gasteiger partial charge in [0.15, 0.2) is 5.13 Å². The van der Waals surface area contributed by atoms with Crippen LogP contribution in [0.1, 0.15) is 17.5 Å². The van der Waals surface area contributed by atoms with Gasteiger partial charge in [-0.1, -0.05) is 29.8 Å². The molecule has 31 heavy (non-hydrogen) atoms. The number of rotatable bonds is 6. The highest BCUT2D eigenvalue weighted by Crippen LogP contribution is 2.26. The number of anilines is 2. The molecule has 0 fully saturated rings. The minimum Gasteiger partial charge on any atom is -0.384 e. The van der Waals surface area contributed by atoms with Crippen LogP contribution in [0.3, 0.4) is 0 Å². The minimum absolute atomic E-state index is 0.0339. The van der Waals surface area contributed by atoms with Crippen molar-refractivity contribution in [3.63, 3.8) is 0 Å². The van der Waals surface area contributed by atoms with Gasteiger partial charge in [-0.2, -0.15) is 0 Å². The highest BCUT2D eigenvalue weighted by Gasteiger charge is 2.20. The number of nitrogens with zero attached hydrogens (tertiary/aromatic N) is 4. The molecule has 0 aliphatic rings. The Kier molecular flexibility index (Phi) is 6.30. The van der Waals surface area contributed by atoms with Crippen molar-refractivity contribution in [3.8, 4) is 11.3 Å². The van der Waals surface area contributed by atoms with Crippen LogP contribution in [-0.2, 0) is 18.9 Å². The van der Waals surface area contributed by atoms with Crippen molar-refractivity contribution >= 4 is 40.5 Å². The predicted octanol–water partition coefficient (Wildman–Crippen LogP) is 2.17. The molecule has 3 rings (SSSR count). The van der Waals surface area contributed by atoms with Crippen LogP contribution >= 0.6 is 11.3 Å². The third-order valence-corrected chi connectivity index (χ3v) is 5.48. The van der Waals surface area contributed by atoms with Gasteiger partial charge in [0.1, 0.15) is 5.82 Å². The lowest BCUT2D eigenvalue weighted by atomic mass is 10.1. The topological polar surface area (TPSA) is 124 Å². The van der Waals surface area contributed by atoms with E-state index in [1.165, 1.54) is 31.6 Å². The van der Waals surface area contributed by atoms with Crippen LogP contribution in [0.15, 0.2) is 50.4 Å². The van der Waals surface area contributed by atoms with Crippen molar-refractivity contribution in [1.82, 2.24) is 14.1 Å². The van der Waals surface area contributed by atoms with Gasteiger partial charge in [0, 0.05) is 31.2 Å². The van der Waals surface area contributed by atoms with Gasteiger partial charge < -0.3 is 11.1 Å². The highest BCUT2D eigenvalue weighted by atomic mass is 32.1. The van der Waals surface area contributed by atoms with Crippen molar-refractivity contribution in [2.75, 3.05) is 11.1 Å². The summed E-state index contributed by atoms with van der Waals surface area (Å²) in [7, 11) is 2.79. The average molecular weight is 439 g/mol. The highest BCUT2D eigenvalue weighted by molar-refractivity contribution is 7.14. The van der Waals surface area contributed by atoms with Crippen molar-refractivity contribution in [2.24, 2.45) is 19.1 Å². The zero-order chi connectivity index (χ0) is 22.7. The van der Waals surface area contributed by atoms with Gasteiger partial charge >= 0.3 is 5.69 Å². The monoisotopic (exact) mass is 438 g/mol. The number of hydrogen-bond acceptors (Lipinski definition) is 7. The molecule has 160 valence electrons. The van der Waals surface area contributed by atoms with Crippen molar-refractivity contribution < 1.29 is 4.79 Å². The van der Waals surface area contributed by atoms with Crippen LogP contribution < -0.4 is 22.3 Å². The summed E-state index contributed by atoms with van der Waals surface area (Å²) in [5.41, 5.74) is 7.94. The molecule has 0 atom stereocenters. The second-order valence-electron chi connectivity index (χ2n) is 6.93. The molecular weight excluding hydrogens is 416 g/mol. The molecule has 2 aromatic heterocycles. The standard InChI is InChI=1S/C21H22N6O3S/c1-12-5-7-13(8-6-12)15-11-31-20(24-15)25-16(28)9-14(10-23-2)17-18(22)26(3)21(30)27(4)19(17)29/h5-8,10-11H,2,9,22H2,1,3-4H3,(H,24,25,28)/b14-10-. The Labute approximate surface area is 182 Å². The molecule has 0 saturated carbocycles.